The molecule has 0 radical (unpaired) electrons. The molecule has 0 fully saturated rings. The topological polar surface area (TPSA) is 104 Å². The third-order valence-corrected chi connectivity index (χ3v) is 5.44. The summed E-state index contributed by atoms with van der Waals surface area (Å²) in [7, 11) is -2.37. The summed E-state index contributed by atoms with van der Waals surface area (Å²) in [6.07, 6.45) is -0.199. The van der Waals surface area contributed by atoms with E-state index in [1.54, 1.807) is 0 Å². The van der Waals surface area contributed by atoms with Crippen molar-refractivity contribution in [3.05, 3.63) is 16.5 Å². The summed E-state index contributed by atoms with van der Waals surface area (Å²) in [5.74, 6) is -1.55. The lowest BCUT2D eigenvalue weighted by Gasteiger charge is -2.16. The Balaban J connectivity index is 2.54. The highest BCUT2D eigenvalue weighted by molar-refractivity contribution is 7.91. The smallest absolute Gasteiger partial charge is 0.305 e. The van der Waals surface area contributed by atoms with Crippen LogP contribution in [0.2, 0.25) is 4.34 Å². The van der Waals surface area contributed by atoms with Crippen LogP contribution in [0, 0.1) is 0 Å². The molecule has 1 rings (SSSR count). The highest BCUT2D eigenvalue weighted by Crippen LogP contribution is 2.25. The van der Waals surface area contributed by atoms with Crippen molar-refractivity contribution in [2.24, 2.45) is 0 Å². The molecule has 0 atom stereocenters. The zero-order valence-electron chi connectivity index (χ0n) is 10.5. The summed E-state index contributed by atoms with van der Waals surface area (Å²) in [4.78, 5) is 23.1. The summed E-state index contributed by atoms with van der Waals surface area (Å²) in [6, 6.07) is 2.79. The van der Waals surface area contributed by atoms with Gasteiger partial charge in [0.1, 0.15) is 4.21 Å². The van der Waals surface area contributed by atoms with Gasteiger partial charge in [0, 0.05) is 13.6 Å². The molecule has 2 N–H and O–H groups in total. The molecule has 0 bridgehead atoms. The molecule has 1 amide bonds. The number of sulfonamides is 1. The van der Waals surface area contributed by atoms with E-state index in [2.05, 4.69) is 4.72 Å². The van der Waals surface area contributed by atoms with Crippen molar-refractivity contribution < 1.29 is 23.1 Å². The number of carboxylic acid groups (broad SMARTS) is 1. The number of halogens is 1. The molecular weight excluding hydrogens is 328 g/mol. The number of rotatable bonds is 7. The Labute approximate surface area is 125 Å². The maximum Gasteiger partial charge on any atom is 0.305 e. The van der Waals surface area contributed by atoms with Crippen LogP contribution in [0.15, 0.2) is 16.3 Å². The summed E-state index contributed by atoms with van der Waals surface area (Å²) in [5, 5.41) is 8.49. The fraction of sp³-hybridized carbons (Fsp3) is 0.400. The van der Waals surface area contributed by atoms with E-state index in [1.165, 1.54) is 19.2 Å². The molecule has 0 saturated carbocycles. The maximum atomic E-state index is 11.8. The number of thiophene rings is 1. The summed E-state index contributed by atoms with van der Waals surface area (Å²) in [5.41, 5.74) is 0. The summed E-state index contributed by atoms with van der Waals surface area (Å²) >= 11 is 6.53. The molecule has 0 spiro atoms. The van der Waals surface area contributed by atoms with E-state index in [0.29, 0.717) is 4.34 Å². The quantitative estimate of drug-likeness (QED) is 0.757. The Kier molecular flexibility index (Phi) is 5.93. The van der Waals surface area contributed by atoms with Gasteiger partial charge in [0.15, 0.2) is 0 Å². The summed E-state index contributed by atoms with van der Waals surface area (Å²) in [6.45, 7) is -0.422. The van der Waals surface area contributed by atoms with Gasteiger partial charge in [-0.1, -0.05) is 11.6 Å². The lowest BCUT2D eigenvalue weighted by molar-refractivity contribution is -0.138. The average molecular weight is 341 g/mol. The first-order valence-electron chi connectivity index (χ1n) is 5.43. The first-order valence-corrected chi connectivity index (χ1v) is 8.11. The van der Waals surface area contributed by atoms with Crippen molar-refractivity contribution in [1.29, 1.82) is 0 Å². The van der Waals surface area contributed by atoms with E-state index in [-0.39, 0.29) is 17.2 Å². The standard InChI is InChI=1S/C10H13ClN2O5S2/c1-13(5-4-9(15)16)8(14)6-12-20(17,18)10-3-2-7(11)19-10/h2-3,12H,4-6H2,1H3,(H,15,16). The molecule has 0 unspecified atom stereocenters. The van der Waals surface area contributed by atoms with Crippen LogP contribution in [0.5, 0.6) is 0 Å². The second kappa shape index (κ2) is 7.02. The molecule has 0 saturated heterocycles. The number of likely N-dealkylation sites (N-methyl/N-ethyl adjacent to an activating group) is 1. The third kappa shape index (κ3) is 5.08. The first-order chi connectivity index (χ1) is 9.22. The highest BCUT2D eigenvalue weighted by atomic mass is 35.5. The predicted octanol–water partition coefficient (Wildman–Crippen LogP) is 0.613. The second-order valence-corrected chi connectivity index (χ2v) is 7.55. The minimum Gasteiger partial charge on any atom is -0.481 e. The normalized spacial score (nSPS) is 11.3. The van der Waals surface area contributed by atoms with Crippen molar-refractivity contribution in [3.8, 4) is 0 Å². The van der Waals surface area contributed by atoms with Crippen molar-refractivity contribution >= 4 is 44.8 Å². The molecule has 7 nitrogen and oxygen atoms in total. The lowest BCUT2D eigenvalue weighted by Crippen LogP contribution is -2.38. The first kappa shape index (κ1) is 16.9. The van der Waals surface area contributed by atoms with E-state index in [1.807, 2.05) is 0 Å². The van der Waals surface area contributed by atoms with Crippen molar-refractivity contribution in [2.45, 2.75) is 10.6 Å². The fourth-order valence-corrected chi connectivity index (χ4v) is 3.69. The van der Waals surface area contributed by atoms with Gasteiger partial charge in [-0.15, -0.1) is 11.3 Å². The van der Waals surface area contributed by atoms with Crippen molar-refractivity contribution in [2.75, 3.05) is 20.1 Å². The van der Waals surface area contributed by atoms with Gasteiger partial charge >= 0.3 is 5.97 Å². The number of amides is 1. The van der Waals surface area contributed by atoms with Crippen LogP contribution in [0.3, 0.4) is 0 Å². The largest absolute Gasteiger partial charge is 0.481 e. The van der Waals surface area contributed by atoms with Crippen molar-refractivity contribution in [1.82, 2.24) is 9.62 Å². The zero-order valence-corrected chi connectivity index (χ0v) is 12.9. The number of hydrogen-bond donors (Lipinski definition) is 2. The minimum atomic E-state index is -3.78. The van der Waals surface area contributed by atoms with Gasteiger partial charge in [-0.3, -0.25) is 9.59 Å². The van der Waals surface area contributed by atoms with Gasteiger partial charge in [0.2, 0.25) is 5.91 Å². The monoisotopic (exact) mass is 340 g/mol. The number of nitrogens with zero attached hydrogens (tertiary/aromatic N) is 1. The van der Waals surface area contributed by atoms with E-state index >= 15 is 0 Å². The molecule has 112 valence electrons. The fourth-order valence-electron chi connectivity index (χ4n) is 1.19. The van der Waals surface area contributed by atoms with Gasteiger partial charge in [0.05, 0.1) is 17.3 Å². The Hall–Kier alpha value is -1.16. The number of aliphatic carboxylic acids is 1. The SMILES string of the molecule is CN(CCC(=O)O)C(=O)CNS(=O)(=O)c1ccc(Cl)s1. The lowest BCUT2D eigenvalue weighted by atomic mass is 10.4. The Morgan fingerprint density at radius 3 is 2.60 bits per heavy atom. The van der Waals surface area contributed by atoms with E-state index in [0.717, 1.165) is 16.2 Å². The Morgan fingerprint density at radius 1 is 1.45 bits per heavy atom. The minimum absolute atomic E-state index is 0.0146. The van der Waals surface area contributed by atoms with Crippen LogP contribution in [-0.4, -0.2) is 50.4 Å². The molecule has 0 aliphatic heterocycles. The maximum absolute atomic E-state index is 11.8. The molecule has 0 aliphatic carbocycles. The average Bonchev–Trinajstić information content (AvgIpc) is 2.80. The molecule has 1 aromatic rings. The molecule has 1 aromatic heterocycles. The van der Waals surface area contributed by atoms with Crippen LogP contribution in [0.25, 0.3) is 0 Å². The van der Waals surface area contributed by atoms with E-state index in [9.17, 15) is 18.0 Å². The number of nitrogens with one attached hydrogen (secondary N) is 1. The molecular formula is C10H13ClN2O5S2. The van der Waals surface area contributed by atoms with Crippen LogP contribution in [-0.2, 0) is 19.6 Å². The van der Waals surface area contributed by atoms with E-state index < -0.39 is 28.4 Å². The Bertz CT molecular complexity index is 599. The van der Waals surface area contributed by atoms with Crippen LogP contribution >= 0.6 is 22.9 Å². The number of carbonyl (C=O) groups excluding carboxylic acids is 1. The summed E-state index contributed by atoms with van der Waals surface area (Å²) < 4.78 is 26.1. The zero-order chi connectivity index (χ0) is 15.3. The molecule has 10 heteroatoms. The number of hydrogen-bond acceptors (Lipinski definition) is 5. The van der Waals surface area contributed by atoms with Gasteiger partial charge in [-0.05, 0) is 12.1 Å². The number of carboxylic acids is 1. The van der Waals surface area contributed by atoms with E-state index in [4.69, 9.17) is 16.7 Å². The van der Waals surface area contributed by atoms with Crippen LogP contribution < -0.4 is 4.72 Å². The molecule has 20 heavy (non-hydrogen) atoms. The van der Waals surface area contributed by atoms with Gasteiger partial charge < -0.3 is 10.0 Å². The molecule has 0 aromatic carbocycles. The predicted molar refractivity (Wildman–Crippen MR) is 74.4 cm³/mol. The number of carbonyl (C=O) groups is 2. The van der Waals surface area contributed by atoms with Crippen molar-refractivity contribution in [3.63, 3.8) is 0 Å². The second-order valence-electron chi connectivity index (χ2n) is 3.84. The van der Waals surface area contributed by atoms with Gasteiger partial charge in [0.25, 0.3) is 10.0 Å². The molecule has 1 heterocycles. The highest BCUT2D eigenvalue weighted by Gasteiger charge is 2.19. The van der Waals surface area contributed by atoms with Gasteiger partial charge in [-0.2, -0.15) is 0 Å². The third-order valence-electron chi connectivity index (χ3n) is 2.31. The van der Waals surface area contributed by atoms with Crippen LogP contribution in [0.4, 0.5) is 0 Å². The van der Waals surface area contributed by atoms with Gasteiger partial charge in [-0.25, -0.2) is 13.1 Å². The Morgan fingerprint density at radius 2 is 2.10 bits per heavy atom. The molecule has 0 aliphatic rings. The van der Waals surface area contributed by atoms with Crippen LogP contribution in [0.1, 0.15) is 6.42 Å².